The number of aromatic hydroxyl groups is 1. The fourth-order valence-corrected chi connectivity index (χ4v) is 4.09. The molecule has 1 amide bonds. The number of rotatable bonds is 7. The molecule has 4 aromatic rings. The van der Waals surface area contributed by atoms with Crippen LogP contribution in [0.2, 0.25) is 5.02 Å². The number of thioether (sulfide) groups is 1. The maximum absolute atomic E-state index is 12.5. The fraction of sp³-hybridized carbons (Fsp3) is 0.120. The van der Waals surface area contributed by atoms with E-state index in [1.165, 1.54) is 11.8 Å². The summed E-state index contributed by atoms with van der Waals surface area (Å²) in [5, 5.41) is 24.0. The quantitative estimate of drug-likeness (QED) is 0.210. The van der Waals surface area contributed by atoms with Gasteiger partial charge in [0, 0.05) is 21.8 Å². The van der Waals surface area contributed by atoms with Gasteiger partial charge in [0.15, 0.2) is 11.0 Å². The highest BCUT2D eigenvalue weighted by molar-refractivity contribution is 7.99. The highest BCUT2D eigenvalue weighted by atomic mass is 35.5. The molecule has 9 heteroatoms. The van der Waals surface area contributed by atoms with Gasteiger partial charge < -0.3 is 5.11 Å². The Balaban J connectivity index is 1.54. The number of phenolic OH excluding ortho intramolecular Hbond substituents is 1. The molecule has 0 saturated heterocycles. The lowest BCUT2D eigenvalue weighted by Gasteiger charge is -2.11. The van der Waals surface area contributed by atoms with E-state index >= 15 is 0 Å². The maximum atomic E-state index is 12.5. The Morgan fingerprint density at radius 2 is 1.76 bits per heavy atom. The molecule has 0 aliphatic rings. The number of benzene rings is 3. The number of carbonyl (C=O) groups is 1. The van der Waals surface area contributed by atoms with Crippen molar-refractivity contribution in [2.24, 2.45) is 5.10 Å². The normalized spacial score (nSPS) is 11.4. The van der Waals surface area contributed by atoms with Gasteiger partial charge in [-0.1, -0.05) is 65.3 Å². The number of halogens is 1. The number of hydrogen-bond acceptors (Lipinski definition) is 6. The van der Waals surface area contributed by atoms with E-state index in [9.17, 15) is 9.90 Å². The van der Waals surface area contributed by atoms with E-state index in [0.717, 1.165) is 16.8 Å². The monoisotopic (exact) mass is 491 g/mol. The van der Waals surface area contributed by atoms with Crippen molar-refractivity contribution in [1.29, 1.82) is 0 Å². The lowest BCUT2D eigenvalue weighted by molar-refractivity contribution is -0.118. The topological polar surface area (TPSA) is 92.4 Å². The summed E-state index contributed by atoms with van der Waals surface area (Å²) in [6, 6.07) is 22.2. The van der Waals surface area contributed by atoms with E-state index < -0.39 is 0 Å². The van der Waals surface area contributed by atoms with Crippen LogP contribution in [0.5, 0.6) is 5.75 Å². The van der Waals surface area contributed by atoms with E-state index in [0.29, 0.717) is 27.3 Å². The molecule has 4 rings (SSSR count). The Labute approximate surface area is 206 Å². The molecule has 0 radical (unpaired) electrons. The SMILES string of the molecule is C/C(=N\NC(=O)CSc1nnc(-c2ccc(C)cc2)n1-c1ccc(Cl)cc1)c1ccccc1O. The molecule has 34 heavy (non-hydrogen) atoms. The Kier molecular flexibility index (Phi) is 7.30. The minimum absolute atomic E-state index is 0.0805. The molecule has 7 nitrogen and oxygen atoms in total. The predicted molar refractivity (Wildman–Crippen MR) is 136 cm³/mol. The van der Waals surface area contributed by atoms with Crippen LogP contribution in [0.25, 0.3) is 17.1 Å². The molecule has 1 heterocycles. The second kappa shape index (κ2) is 10.5. The van der Waals surface area contributed by atoms with Crippen molar-refractivity contribution >= 4 is 35.0 Å². The average Bonchev–Trinajstić information content (AvgIpc) is 3.26. The molecule has 0 saturated carbocycles. The largest absolute Gasteiger partial charge is 0.507 e. The number of nitrogens with zero attached hydrogens (tertiary/aromatic N) is 4. The van der Waals surface area contributed by atoms with Gasteiger partial charge in [-0.2, -0.15) is 5.10 Å². The van der Waals surface area contributed by atoms with Crippen LogP contribution in [0.15, 0.2) is 83.1 Å². The molecule has 1 aromatic heterocycles. The summed E-state index contributed by atoms with van der Waals surface area (Å²) in [6.45, 7) is 3.74. The molecule has 2 N–H and O–H groups in total. The Morgan fingerprint density at radius 1 is 1.06 bits per heavy atom. The number of amides is 1. The second-order valence-corrected chi connectivity index (χ2v) is 8.90. The number of hydrazone groups is 1. The highest BCUT2D eigenvalue weighted by Crippen LogP contribution is 2.28. The van der Waals surface area contributed by atoms with Crippen molar-refractivity contribution in [1.82, 2.24) is 20.2 Å². The van der Waals surface area contributed by atoms with Crippen molar-refractivity contribution < 1.29 is 9.90 Å². The van der Waals surface area contributed by atoms with Crippen LogP contribution in [0, 0.1) is 6.92 Å². The van der Waals surface area contributed by atoms with Gasteiger partial charge in [0.1, 0.15) is 5.75 Å². The van der Waals surface area contributed by atoms with Crippen LogP contribution in [-0.4, -0.2) is 37.2 Å². The van der Waals surface area contributed by atoms with E-state index in [1.807, 2.05) is 47.9 Å². The summed E-state index contributed by atoms with van der Waals surface area (Å²) in [5.41, 5.74) is 6.48. The van der Waals surface area contributed by atoms with Crippen LogP contribution in [0.4, 0.5) is 0 Å². The predicted octanol–water partition coefficient (Wildman–Crippen LogP) is 5.23. The van der Waals surface area contributed by atoms with Gasteiger partial charge in [-0.3, -0.25) is 9.36 Å². The summed E-state index contributed by atoms with van der Waals surface area (Å²) in [4.78, 5) is 12.5. The Morgan fingerprint density at radius 3 is 2.47 bits per heavy atom. The third-order valence-electron chi connectivity index (χ3n) is 5.00. The standard InChI is InChI=1S/C25H22ClN5O2S/c1-16-7-9-18(10-8-16)24-29-30-25(31(24)20-13-11-19(26)12-14-20)34-15-23(33)28-27-17(2)21-5-3-4-6-22(21)32/h3-14,32H,15H2,1-2H3,(H,28,33)/b27-17+. The van der Waals surface area contributed by atoms with Crippen molar-refractivity contribution in [2.45, 2.75) is 19.0 Å². The molecular formula is C25H22ClN5O2S. The number of aromatic nitrogens is 3. The lowest BCUT2D eigenvalue weighted by atomic mass is 10.1. The summed E-state index contributed by atoms with van der Waals surface area (Å²) >= 11 is 7.33. The first kappa shape index (κ1) is 23.5. The highest BCUT2D eigenvalue weighted by Gasteiger charge is 2.17. The van der Waals surface area contributed by atoms with Crippen LogP contribution in [0.3, 0.4) is 0 Å². The zero-order valence-electron chi connectivity index (χ0n) is 18.6. The minimum atomic E-state index is -0.303. The van der Waals surface area contributed by atoms with Crippen LogP contribution < -0.4 is 5.43 Å². The summed E-state index contributed by atoms with van der Waals surface area (Å²) in [5.74, 6) is 0.546. The molecule has 0 aliphatic carbocycles. The smallest absolute Gasteiger partial charge is 0.250 e. The number of carbonyl (C=O) groups excluding carboxylic acids is 1. The number of phenols is 1. The van der Waals surface area contributed by atoms with Crippen molar-refractivity contribution in [2.75, 3.05) is 5.75 Å². The summed E-state index contributed by atoms with van der Waals surface area (Å²) in [7, 11) is 0. The zero-order valence-corrected chi connectivity index (χ0v) is 20.1. The molecule has 172 valence electrons. The molecule has 0 fully saturated rings. The second-order valence-electron chi connectivity index (χ2n) is 7.52. The Hall–Kier alpha value is -3.62. The maximum Gasteiger partial charge on any atom is 0.250 e. The van der Waals surface area contributed by atoms with Crippen molar-refractivity contribution in [3.8, 4) is 22.8 Å². The molecule has 0 atom stereocenters. The van der Waals surface area contributed by atoms with Crippen LogP contribution in [0.1, 0.15) is 18.1 Å². The summed E-state index contributed by atoms with van der Waals surface area (Å²) < 4.78 is 1.90. The van der Waals surface area contributed by atoms with E-state index in [1.54, 1.807) is 43.3 Å². The van der Waals surface area contributed by atoms with E-state index in [2.05, 4.69) is 20.7 Å². The molecule has 0 bridgehead atoms. The van der Waals surface area contributed by atoms with Crippen LogP contribution >= 0.6 is 23.4 Å². The van der Waals surface area contributed by atoms with Gasteiger partial charge in [0.2, 0.25) is 0 Å². The molecule has 0 unspecified atom stereocenters. The van der Waals surface area contributed by atoms with E-state index in [-0.39, 0.29) is 17.4 Å². The van der Waals surface area contributed by atoms with Gasteiger partial charge in [0.05, 0.1) is 11.5 Å². The van der Waals surface area contributed by atoms with Gasteiger partial charge in [0.25, 0.3) is 5.91 Å². The van der Waals surface area contributed by atoms with Crippen molar-refractivity contribution in [3.63, 3.8) is 0 Å². The van der Waals surface area contributed by atoms with Gasteiger partial charge in [-0.15, -0.1) is 10.2 Å². The molecule has 0 spiro atoms. The van der Waals surface area contributed by atoms with Gasteiger partial charge in [-0.05, 0) is 50.2 Å². The Bertz CT molecular complexity index is 1330. The first-order chi connectivity index (χ1) is 16.4. The number of hydrogen-bond donors (Lipinski definition) is 2. The van der Waals surface area contributed by atoms with Gasteiger partial charge >= 0.3 is 0 Å². The van der Waals surface area contributed by atoms with Crippen LogP contribution in [-0.2, 0) is 4.79 Å². The molecule has 3 aromatic carbocycles. The third kappa shape index (κ3) is 5.47. The number of para-hydroxylation sites is 1. The first-order valence-corrected chi connectivity index (χ1v) is 11.8. The first-order valence-electron chi connectivity index (χ1n) is 10.4. The average molecular weight is 492 g/mol. The molecular weight excluding hydrogens is 470 g/mol. The third-order valence-corrected chi connectivity index (χ3v) is 6.18. The van der Waals surface area contributed by atoms with Gasteiger partial charge in [-0.25, -0.2) is 5.43 Å². The van der Waals surface area contributed by atoms with E-state index in [4.69, 9.17) is 11.6 Å². The zero-order chi connectivity index (χ0) is 24.1. The number of nitrogens with one attached hydrogen (secondary N) is 1. The fourth-order valence-electron chi connectivity index (χ4n) is 3.22. The number of aryl methyl sites for hydroxylation is 1. The molecule has 0 aliphatic heterocycles. The summed E-state index contributed by atoms with van der Waals surface area (Å²) in [6.07, 6.45) is 0. The van der Waals surface area contributed by atoms with Crippen molar-refractivity contribution in [3.05, 3.63) is 88.9 Å². The minimum Gasteiger partial charge on any atom is -0.507 e. The lowest BCUT2D eigenvalue weighted by Crippen LogP contribution is -2.21.